The van der Waals surface area contributed by atoms with E-state index < -0.39 is 0 Å². The molecule has 0 heterocycles. The van der Waals surface area contributed by atoms with Gasteiger partial charge < -0.3 is 0 Å². The van der Waals surface area contributed by atoms with Crippen LogP contribution >= 0.6 is 0 Å². The van der Waals surface area contributed by atoms with Crippen molar-refractivity contribution in [2.75, 3.05) is 0 Å². The van der Waals surface area contributed by atoms with Crippen molar-refractivity contribution in [1.82, 2.24) is 0 Å². The van der Waals surface area contributed by atoms with E-state index in [-0.39, 0.29) is 0 Å². The quantitative estimate of drug-likeness (QED) is 0.620. The Kier molecular flexibility index (Phi) is 4.29. The molecule has 1 aliphatic rings. The van der Waals surface area contributed by atoms with Gasteiger partial charge in [0.05, 0.1) is 0 Å². The summed E-state index contributed by atoms with van der Waals surface area (Å²) >= 11 is 0. The van der Waals surface area contributed by atoms with E-state index in [0.717, 1.165) is 5.92 Å². The molecule has 0 radical (unpaired) electrons. The highest BCUT2D eigenvalue weighted by Gasteiger charge is 2.26. The Balaban J connectivity index is 2.08. The lowest BCUT2D eigenvalue weighted by Crippen LogP contribution is -2.22. The van der Waals surface area contributed by atoms with Crippen LogP contribution in [0.4, 0.5) is 0 Å². The second-order valence-electron chi connectivity index (χ2n) is 6.80. The van der Waals surface area contributed by atoms with Gasteiger partial charge in [0.1, 0.15) is 0 Å². The Morgan fingerprint density at radius 3 is 2.37 bits per heavy atom. The Morgan fingerprint density at radius 2 is 1.84 bits per heavy atom. The van der Waals surface area contributed by atoms with E-state index in [4.69, 9.17) is 0 Å². The summed E-state index contributed by atoms with van der Waals surface area (Å²) in [5.74, 6) is 0.834. The zero-order valence-corrected chi connectivity index (χ0v) is 12.7. The maximum absolute atomic E-state index is 2.47. The molecule has 102 valence electrons. The van der Waals surface area contributed by atoms with Crippen molar-refractivity contribution >= 4 is 6.08 Å². The first-order valence-electron chi connectivity index (χ1n) is 7.39. The third-order valence-electron chi connectivity index (χ3n) is 4.32. The van der Waals surface area contributed by atoms with Crippen molar-refractivity contribution in [3.8, 4) is 0 Å². The minimum Gasteiger partial charge on any atom is -0.0808 e. The molecule has 0 spiro atoms. The molecule has 0 N–H and O–H groups in total. The molecule has 0 fully saturated rings. The zero-order chi connectivity index (χ0) is 13.9. The van der Waals surface area contributed by atoms with Crippen molar-refractivity contribution in [3.05, 3.63) is 53.1 Å². The van der Waals surface area contributed by atoms with Crippen LogP contribution in [-0.2, 0) is 0 Å². The molecule has 1 aromatic carbocycles. The summed E-state index contributed by atoms with van der Waals surface area (Å²) in [7, 11) is 0. The predicted octanol–water partition coefficient (Wildman–Crippen LogP) is 5.86. The second-order valence-corrected chi connectivity index (χ2v) is 6.80. The summed E-state index contributed by atoms with van der Waals surface area (Å²) in [6.07, 6.45) is 8.57. The van der Waals surface area contributed by atoms with E-state index in [1.165, 1.54) is 30.4 Å². The van der Waals surface area contributed by atoms with Crippen LogP contribution in [0.25, 0.3) is 6.08 Å². The molecule has 0 bridgehead atoms. The lowest BCUT2D eigenvalue weighted by molar-refractivity contribution is 0.221. The van der Waals surface area contributed by atoms with Crippen molar-refractivity contribution in [3.63, 3.8) is 0 Å². The summed E-state index contributed by atoms with van der Waals surface area (Å²) in [6, 6.07) is 10.6. The Labute approximate surface area is 118 Å². The Bertz CT molecular complexity index is 469. The van der Waals surface area contributed by atoms with Gasteiger partial charge in [-0.25, -0.2) is 0 Å². The van der Waals surface area contributed by atoms with Gasteiger partial charge in [0.2, 0.25) is 0 Å². The highest BCUT2D eigenvalue weighted by atomic mass is 14.3. The molecule has 1 aromatic rings. The molecule has 1 aliphatic carbocycles. The fraction of sp³-hybridized carbons (Fsp3) is 0.474. The molecule has 0 amide bonds. The Morgan fingerprint density at radius 1 is 1.16 bits per heavy atom. The number of rotatable bonds is 2. The minimum absolute atomic E-state index is 0.444. The summed E-state index contributed by atoms with van der Waals surface area (Å²) < 4.78 is 0. The molecule has 0 aliphatic heterocycles. The van der Waals surface area contributed by atoms with Crippen LogP contribution < -0.4 is 0 Å². The molecular weight excluding hydrogens is 228 g/mol. The van der Waals surface area contributed by atoms with Crippen LogP contribution in [0, 0.1) is 11.3 Å². The largest absolute Gasteiger partial charge is 0.0808 e. The first-order chi connectivity index (χ1) is 8.97. The van der Waals surface area contributed by atoms with E-state index in [0.29, 0.717) is 5.41 Å². The van der Waals surface area contributed by atoms with Crippen molar-refractivity contribution in [2.45, 2.75) is 47.0 Å². The number of hydrogen-bond acceptors (Lipinski definition) is 0. The van der Waals surface area contributed by atoms with Crippen molar-refractivity contribution in [1.29, 1.82) is 0 Å². The van der Waals surface area contributed by atoms with Crippen LogP contribution in [0.15, 0.2) is 47.6 Å². The summed E-state index contributed by atoms with van der Waals surface area (Å²) in [5.41, 5.74) is 4.72. The Hall–Kier alpha value is -1.30. The SMILES string of the molecule is CC(=Cc1ccccc1)C1=CCC(C(C)(C)C)CC1. The van der Waals surface area contributed by atoms with E-state index in [2.05, 4.69) is 70.2 Å². The molecule has 0 saturated carbocycles. The number of allylic oxidation sites excluding steroid dienone is 3. The fourth-order valence-corrected chi connectivity index (χ4v) is 2.87. The summed E-state index contributed by atoms with van der Waals surface area (Å²) in [4.78, 5) is 0. The third kappa shape index (κ3) is 3.83. The molecular formula is C19H26. The van der Waals surface area contributed by atoms with E-state index in [1.807, 2.05) is 0 Å². The summed E-state index contributed by atoms with van der Waals surface area (Å²) in [5, 5.41) is 0. The van der Waals surface area contributed by atoms with Gasteiger partial charge in [-0.3, -0.25) is 0 Å². The standard InChI is InChI=1S/C19H26/c1-15(14-16-8-6-5-7-9-16)17-10-12-18(13-11-17)19(2,3)4/h5-10,14,18H,11-13H2,1-4H3. The maximum Gasteiger partial charge on any atom is -0.0254 e. The van der Waals surface area contributed by atoms with Gasteiger partial charge in [-0.1, -0.05) is 63.3 Å². The third-order valence-corrected chi connectivity index (χ3v) is 4.32. The lowest BCUT2D eigenvalue weighted by atomic mass is 9.72. The predicted molar refractivity (Wildman–Crippen MR) is 85.0 cm³/mol. The van der Waals surface area contributed by atoms with Crippen LogP contribution in [0.3, 0.4) is 0 Å². The number of benzene rings is 1. The maximum atomic E-state index is 2.47. The average molecular weight is 254 g/mol. The van der Waals surface area contributed by atoms with Gasteiger partial charge in [-0.15, -0.1) is 0 Å². The van der Waals surface area contributed by atoms with Gasteiger partial charge in [-0.2, -0.15) is 0 Å². The van der Waals surface area contributed by atoms with Gasteiger partial charge >= 0.3 is 0 Å². The number of hydrogen-bond donors (Lipinski definition) is 0. The molecule has 0 saturated heterocycles. The van der Waals surface area contributed by atoms with Gasteiger partial charge in [0.25, 0.3) is 0 Å². The van der Waals surface area contributed by atoms with Crippen LogP contribution in [-0.4, -0.2) is 0 Å². The monoisotopic (exact) mass is 254 g/mol. The first kappa shape index (κ1) is 14.1. The summed E-state index contributed by atoms with van der Waals surface area (Å²) in [6.45, 7) is 9.34. The molecule has 0 heteroatoms. The van der Waals surface area contributed by atoms with Crippen LogP contribution in [0.1, 0.15) is 52.5 Å². The highest BCUT2D eigenvalue weighted by molar-refractivity contribution is 5.57. The highest BCUT2D eigenvalue weighted by Crippen LogP contribution is 2.38. The minimum atomic E-state index is 0.444. The molecule has 0 aromatic heterocycles. The van der Waals surface area contributed by atoms with Gasteiger partial charge in [0.15, 0.2) is 0 Å². The molecule has 0 nitrogen and oxygen atoms in total. The van der Waals surface area contributed by atoms with Crippen molar-refractivity contribution in [2.24, 2.45) is 11.3 Å². The van der Waals surface area contributed by atoms with E-state index in [1.54, 1.807) is 5.57 Å². The van der Waals surface area contributed by atoms with Gasteiger partial charge in [-0.05, 0) is 54.2 Å². The van der Waals surface area contributed by atoms with E-state index in [9.17, 15) is 0 Å². The average Bonchev–Trinajstić information content (AvgIpc) is 2.39. The van der Waals surface area contributed by atoms with E-state index >= 15 is 0 Å². The topological polar surface area (TPSA) is 0 Å². The molecule has 2 rings (SSSR count). The molecule has 1 unspecified atom stereocenters. The smallest absolute Gasteiger partial charge is 0.0254 e. The van der Waals surface area contributed by atoms with Crippen LogP contribution in [0.2, 0.25) is 0 Å². The second kappa shape index (κ2) is 5.77. The van der Waals surface area contributed by atoms with Crippen molar-refractivity contribution < 1.29 is 0 Å². The first-order valence-corrected chi connectivity index (χ1v) is 7.39. The van der Waals surface area contributed by atoms with Gasteiger partial charge in [0, 0.05) is 0 Å². The lowest BCUT2D eigenvalue weighted by Gasteiger charge is -2.33. The van der Waals surface area contributed by atoms with Crippen LogP contribution in [0.5, 0.6) is 0 Å². The zero-order valence-electron chi connectivity index (χ0n) is 12.7. The molecule has 1 atom stereocenters. The fourth-order valence-electron chi connectivity index (χ4n) is 2.87. The normalized spacial score (nSPS) is 21.2. The molecule has 19 heavy (non-hydrogen) atoms.